The Bertz CT molecular complexity index is 1010. The quantitative estimate of drug-likeness (QED) is 0.613. The highest BCUT2D eigenvalue weighted by Crippen LogP contribution is 2.32. The summed E-state index contributed by atoms with van der Waals surface area (Å²) < 4.78 is 15.2. The fourth-order valence-electron chi connectivity index (χ4n) is 2.40. The maximum absolute atomic E-state index is 13.2. The second-order valence-corrected chi connectivity index (χ2v) is 6.17. The largest absolute Gasteiger partial charge is 0.288 e. The van der Waals surface area contributed by atoms with Crippen LogP contribution >= 0.6 is 27.5 Å². The van der Waals surface area contributed by atoms with Gasteiger partial charge in [0.25, 0.3) is 0 Å². The van der Waals surface area contributed by atoms with E-state index in [0.29, 0.717) is 15.4 Å². The third-order valence-corrected chi connectivity index (χ3v) is 4.33. The van der Waals surface area contributed by atoms with Crippen LogP contribution in [0.3, 0.4) is 0 Å². The van der Waals surface area contributed by atoms with E-state index in [1.54, 1.807) is 24.0 Å². The zero-order valence-corrected chi connectivity index (χ0v) is 14.1. The van der Waals surface area contributed by atoms with Gasteiger partial charge in [0.05, 0.1) is 21.7 Å². The van der Waals surface area contributed by atoms with Crippen molar-refractivity contribution in [1.82, 2.24) is 9.78 Å². The maximum Gasteiger partial charge on any atom is 0.197 e. The number of carbonyl (C=O) groups excluding carboxylic acids is 1. The van der Waals surface area contributed by atoms with Crippen molar-refractivity contribution in [2.45, 2.75) is 0 Å². The third kappa shape index (κ3) is 2.62. The number of fused-ring (bicyclic) bond motifs is 1. The predicted octanol–water partition coefficient (Wildman–Crippen LogP) is 4.23. The van der Waals surface area contributed by atoms with Crippen molar-refractivity contribution in [3.8, 4) is 6.07 Å². The lowest BCUT2D eigenvalue weighted by atomic mass is 9.96. The van der Waals surface area contributed by atoms with Gasteiger partial charge in [-0.05, 0) is 40.2 Å². The number of hydrogen-bond donors (Lipinski definition) is 0. The molecule has 114 valence electrons. The van der Waals surface area contributed by atoms with Crippen LogP contribution < -0.4 is 0 Å². The van der Waals surface area contributed by atoms with E-state index in [9.17, 15) is 14.4 Å². The molecular weight excluding hydrogens is 385 g/mol. The van der Waals surface area contributed by atoms with Crippen molar-refractivity contribution in [2.75, 3.05) is 0 Å². The van der Waals surface area contributed by atoms with Gasteiger partial charge in [-0.3, -0.25) is 9.48 Å². The fourth-order valence-corrected chi connectivity index (χ4v) is 3.25. The van der Waals surface area contributed by atoms with Crippen molar-refractivity contribution < 1.29 is 9.18 Å². The summed E-state index contributed by atoms with van der Waals surface area (Å²) in [6.07, 6.45) is 1.67. The molecule has 4 nitrogen and oxygen atoms in total. The highest BCUT2D eigenvalue weighted by molar-refractivity contribution is 9.10. The van der Waals surface area contributed by atoms with Crippen LogP contribution in [0.15, 0.2) is 34.9 Å². The Morgan fingerprint density at radius 2 is 2.17 bits per heavy atom. The van der Waals surface area contributed by atoms with Gasteiger partial charge < -0.3 is 0 Å². The zero-order chi connectivity index (χ0) is 16.7. The summed E-state index contributed by atoms with van der Waals surface area (Å²) in [7, 11) is 1.73. The minimum Gasteiger partial charge on any atom is -0.288 e. The number of aromatic nitrogens is 2. The summed E-state index contributed by atoms with van der Waals surface area (Å²) in [6.45, 7) is 0. The zero-order valence-electron chi connectivity index (χ0n) is 11.8. The van der Waals surface area contributed by atoms with Gasteiger partial charge in [-0.15, -0.1) is 0 Å². The third-order valence-electron chi connectivity index (χ3n) is 3.39. The van der Waals surface area contributed by atoms with Crippen molar-refractivity contribution >= 4 is 44.2 Å². The topological polar surface area (TPSA) is 58.7 Å². The van der Waals surface area contributed by atoms with E-state index in [2.05, 4.69) is 27.1 Å². The van der Waals surface area contributed by atoms with Crippen molar-refractivity contribution in [2.24, 2.45) is 7.05 Å². The number of halogens is 3. The van der Waals surface area contributed by atoms with Crippen LogP contribution in [0.25, 0.3) is 10.9 Å². The Balaban J connectivity index is 2.29. The molecule has 3 rings (SSSR count). The molecule has 0 spiro atoms. The van der Waals surface area contributed by atoms with Gasteiger partial charge in [0, 0.05) is 28.7 Å². The van der Waals surface area contributed by atoms with Gasteiger partial charge in [0.1, 0.15) is 11.9 Å². The van der Waals surface area contributed by atoms with Crippen LogP contribution in [0, 0.1) is 17.1 Å². The van der Waals surface area contributed by atoms with Crippen LogP contribution in [0.2, 0.25) is 5.02 Å². The molecule has 1 heterocycles. The maximum atomic E-state index is 13.2. The molecular formula is C16H8BrClFN3O. The second kappa shape index (κ2) is 5.76. The summed E-state index contributed by atoms with van der Waals surface area (Å²) in [5, 5.41) is 14.3. The molecule has 0 bridgehead atoms. The first-order chi connectivity index (χ1) is 10.9. The summed E-state index contributed by atoms with van der Waals surface area (Å²) >= 11 is 9.29. The van der Waals surface area contributed by atoms with Crippen LogP contribution in [-0.2, 0) is 7.05 Å². The summed E-state index contributed by atoms with van der Waals surface area (Å²) in [5.74, 6) is -0.988. The average molecular weight is 393 g/mol. The summed E-state index contributed by atoms with van der Waals surface area (Å²) in [6, 6.07) is 7.25. The van der Waals surface area contributed by atoms with Gasteiger partial charge >= 0.3 is 0 Å². The Hall–Kier alpha value is -2.23. The average Bonchev–Trinajstić information content (AvgIpc) is 2.84. The Kier molecular flexibility index (Phi) is 3.92. The number of ketones is 1. The minimum atomic E-state index is -0.533. The lowest BCUT2D eigenvalue weighted by Crippen LogP contribution is -2.07. The number of aryl methyl sites for hydroxylation is 1. The van der Waals surface area contributed by atoms with Gasteiger partial charge in [-0.2, -0.15) is 10.4 Å². The molecule has 3 aromatic rings. The number of nitrogens with zero attached hydrogens (tertiary/aromatic N) is 3. The summed E-state index contributed by atoms with van der Waals surface area (Å²) in [5.41, 5.74) is 1.11. The Morgan fingerprint density at radius 3 is 2.83 bits per heavy atom. The van der Waals surface area contributed by atoms with Crippen LogP contribution in [0.1, 0.15) is 21.5 Å². The molecule has 0 fully saturated rings. The molecule has 0 saturated carbocycles. The molecule has 0 saturated heterocycles. The lowest BCUT2D eigenvalue weighted by Gasteiger charge is -2.08. The predicted molar refractivity (Wildman–Crippen MR) is 88.0 cm³/mol. The highest BCUT2D eigenvalue weighted by Gasteiger charge is 2.23. The van der Waals surface area contributed by atoms with E-state index in [1.165, 1.54) is 6.07 Å². The minimum absolute atomic E-state index is 0.00271. The molecule has 2 aromatic carbocycles. The van der Waals surface area contributed by atoms with Gasteiger partial charge in [0.2, 0.25) is 0 Å². The first-order valence-electron chi connectivity index (χ1n) is 6.48. The molecule has 0 aliphatic carbocycles. The molecule has 0 atom stereocenters. The lowest BCUT2D eigenvalue weighted by molar-refractivity contribution is 0.103. The monoisotopic (exact) mass is 391 g/mol. The van der Waals surface area contributed by atoms with E-state index in [1.807, 2.05) is 0 Å². The number of benzene rings is 2. The van der Waals surface area contributed by atoms with E-state index in [4.69, 9.17) is 11.6 Å². The smallest absolute Gasteiger partial charge is 0.197 e. The Morgan fingerprint density at radius 1 is 1.43 bits per heavy atom. The normalized spacial score (nSPS) is 10.7. The molecule has 0 aliphatic rings. The number of carbonyl (C=O) groups is 1. The number of nitriles is 1. The molecule has 23 heavy (non-hydrogen) atoms. The van der Waals surface area contributed by atoms with Crippen molar-refractivity contribution in [3.63, 3.8) is 0 Å². The van der Waals surface area contributed by atoms with Crippen LogP contribution in [-0.4, -0.2) is 15.6 Å². The molecule has 0 N–H and O–H groups in total. The highest BCUT2D eigenvalue weighted by atomic mass is 79.9. The van der Waals surface area contributed by atoms with Gasteiger partial charge in [-0.1, -0.05) is 11.6 Å². The first kappa shape index (κ1) is 15.7. The summed E-state index contributed by atoms with van der Waals surface area (Å²) in [4.78, 5) is 12.8. The molecule has 7 heteroatoms. The molecule has 0 radical (unpaired) electrons. The van der Waals surface area contributed by atoms with E-state index in [0.717, 1.165) is 12.1 Å². The molecule has 0 aliphatic heterocycles. The van der Waals surface area contributed by atoms with Crippen molar-refractivity contribution in [3.05, 3.63) is 62.5 Å². The first-order valence-corrected chi connectivity index (χ1v) is 7.65. The van der Waals surface area contributed by atoms with Crippen molar-refractivity contribution in [1.29, 1.82) is 5.26 Å². The second-order valence-electron chi connectivity index (χ2n) is 4.91. The molecule has 0 amide bonds. The molecule has 0 unspecified atom stereocenters. The molecule has 1 aromatic heterocycles. The number of hydrogen-bond acceptors (Lipinski definition) is 3. The van der Waals surface area contributed by atoms with E-state index >= 15 is 0 Å². The van der Waals surface area contributed by atoms with Gasteiger partial charge in [-0.25, -0.2) is 4.39 Å². The van der Waals surface area contributed by atoms with E-state index < -0.39 is 11.6 Å². The Labute approximate surface area is 144 Å². The number of rotatable bonds is 2. The van der Waals surface area contributed by atoms with Crippen LogP contribution in [0.5, 0.6) is 0 Å². The fraction of sp³-hybridized carbons (Fsp3) is 0.0625. The van der Waals surface area contributed by atoms with Gasteiger partial charge in [0.15, 0.2) is 5.78 Å². The SMILES string of the molecule is Cn1cc2c(C#N)c(C(=O)c3ccc(F)cc3Cl)c(Br)cc2n1. The van der Waals surface area contributed by atoms with E-state index in [-0.39, 0.29) is 21.7 Å². The standard InChI is InChI=1S/C16H8BrClFN3O/c1-22-7-11-10(6-20)15(12(17)5-14(11)21-22)16(23)9-3-2-8(19)4-13(9)18/h2-5,7H,1H3. The van der Waals surface area contributed by atoms with Crippen LogP contribution in [0.4, 0.5) is 4.39 Å².